The van der Waals surface area contributed by atoms with Crippen LogP contribution in [0.25, 0.3) is 0 Å². The molecule has 0 amide bonds. The molecule has 0 heterocycles. The lowest BCUT2D eigenvalue weighted by molar-refractivity contribution is 0.0158. The molecule has 0 aromatic rings. The number of methoxy groups -OCH3 is 1. The van der Waals surface area contributed by atoms with Crippen LogP contribution < -0.4 is 5.73 Å². The quantitative estimate of drug-likeness (QED) is 0.769. The van der Waals surface area contributed by atoms with Gasteiger partial charge < -0.3 is 10.5 Å². The first-order valence-corrected chi connectivity index (χ1v) is 8.96. The second-order valence-electron chi connectivity index (χ2n) is 5.53. The number of rotatable bonds is 7. The molecule has 1 rings (SSSR count). The van der Waals surface area contributed by atoms with Crippen molar-refractivity contribution in [2.24, 2.45) is 11.7 Å². The molecule has 1 aliphatic rings. The Morgan fingerprint density at radius 1 is 1.28 bits per heavy atom. The molecule has 0 saturated heterocycles. The second-order valence-corrected chi connectivity index (χ2v) is 7.79. The van der Waals surface area contributed by atoms with Gasteiger partial charge in [-0.1, -0.05) is 19.3 Å². The average Bonchev–Trinajstić information content (AvgIpc) is 2.29. The first-order valence-electron chi connectivity index (χ1n) is 6.90. The lowest BCUT2D eigenvalue weighted by Crippen LogP contribution is -2.42. The number of hydrogen-bond donors (Lipinski definition) is 1. The maximum Gasteiger partial charge on any atom is 0.147 e. The summed E-state index contributed by atoms with van der Waals surface area (Å²) in [6, 6.07) is -0.0418. The summed E-state index contributed by atoms with van der Waals surface area (Å²) < 4.78 is 27.7. The third-order valence-electron chi connectivity index (χ3n) is 3.86. The fourth-order valence-corrected chi connectivity index (χ4v) is 3.62. The Labute approximate surface area is 111 Å². The van der Waals surface area contributed by atoms with Crippen molar-refractivity contribution in [3.8, 4) is 0 Å². The fraction of sp³-hybridized carbons (Fsp3) is 1.00. The Bertz CT molecular complexity index is 323. The van der Waals surface area contributed by atoms with E-state index in [1.807, 2.05) is 0 Å². The number of ether oxygens (including phenoxy) is 1. The average molecular weight is 277 g/mol. The molecule has 1 aliphatic carbocycles. The molecular formula is C13H27NO3S. The van der Waals surface area contributed by atoms with Gasteiger partial charge in [-0.15, -0.1) is 0 Å². The smallest absolute Gasteiger partial charge is 0.147 e. The van der Waals surface area contributed by atoms with Crippen molar-refractivity contribution in [3.63, 3.8) is 0 Å². The van der Waals surface area contributed by atoms with Gasteiger partial charge in [0.2, 0.25) is 0 Å². The molecule has 0 spiro atoms. The van der Waals surface area contributed by atoms with Gasteiger partial charge in [0.25, 0.3) is 0 Å². The Hall–Kier alpha value is -0.130. The topological polar surface area (TPSA) is 69.4 Å². The number of nitrogens with two attached hydrogens (primary N) is 1. The Morgan fingerprint density at radius 3 is 2.39 bits per heavy atom. The van der Waals surface area contributed by atoms with E-state index in [1.54, 1.807) is 7.11 Å². The van der Waals surface area contributed by atoms with E-state index in [9.17, 15) is 8.42 Å². The molecule has 108 valence electrons. The van der Waals surface area contributed by atoms with Gasteiger partial charge in [0, 0.05) is 25.2 Å². The Kier molecular flexibility index (Phi) is 6.60. The monoisotopic (exact) mass is 277 g/mol. The molecule has 18 heavy (non-hydrogen) atoms. The van der Waals surface area contributed by atoms with Gasteiger partial charge in [-0.2, -0.15) is 0 Å². The first kappa shape index (κ1) is 15.9. The van der Waals surface area contributed by atoms with Crippen molar-refractivity contribution in [2.75, 3.05) is 19.1 Å². The molecular weight excluding hydrogens is 250 g/mol. The van der Waals surface area contributed by atoms with E-state index in [0.29, 0.717) is 12.3 Å². The largest absolute Gasteiger partial charge is 0.380 e. The summed E-state index contributed by atoms with van der Waals surface area (Å²) in [5, 5.41) is 0. The normalized spacial score (nSPS) is 21.7. The highest BCUT2D eigenvalue weighted by atomic mass is 32.2. The van der Waals surface area contributed by atoms with Crippen LogP contribution in [0.3, 0.4) is 0 Å². The second kappa shape index (κ2) is 7.46. The molecule has 2 atom stereocenters. The minimum atomic E-state index is -2.87. The summed E-state index contributed by atoms with van der Waals surface area (Å²) >= 11 is 0. The van der Waals surface area contributed by atoms with Crippen LogP contribution in [-0.2, 0) is 14.6 Å². The third-order valence-corrected chi connectivity index (χ3v) is 4.89. The zero-order valence-corrected chi connectivity index (χ0v) is 12.4. The fourth-order valence-electron chi connectivity index (χ4n) is 2.93. The van der Waals surface area contributed by atoms with Crippen molar-refractivity contribution in [3.05, 3.63) is 0 Å². The zero-order chi connectivity index (χ0) is 13.6. The molecule has 4 nitrogen and oxygen atoms in total. The van der Waals surface area contributed by atoms with Crippen molar-refractivity contribution >= 4 is 9.84 Å². The SMILES string of the molecule is COC(C(N)CCCS(C)(=O)=O)C1CCCCC1. The minimum absolute atomic E-state index is 0.0418. The maximum atomic E-state index is 11.1. The van der Waals surface area contributed by atoms with Crippen molar-refractivity contribution in [2.45, 2.75) is 57.1 Å². The van der Waals surface area contributed by atoms with Gasteiger partial charge in [0.1, 0.15) is 9.84 Å². The van der Waals surface area contributed by atoms with Crippen LogP contribution in [0.5, 0.6) is 0 Å². The Balaban J connectivity index is 2.38. The van der Waals surface area contributed by atoms with E-state index in [-0.39, 0.29) is 17.9 Å². The Morgan fingerprint density at radius 2 is 1.89 bits per heavy atom. The summed E-state index contributed by atoms with van der Waals surface area (Å²) in [6.45, 7) is 0. The van der Waals surface area contributed by atoms with Crippen molar-refractivity contribution in [1.82, 2.24) is 0 Å². The molecule has 0 aliphatic heterocycles. The standard InChI is InChI=1S/C13H27NO3S/c1-17-13(11-7-4-3-5-8-11)12(14)9-6-10-18(2,15)16/h11-13H,3-10,14H2,1-2H3. The predicted molar refractivity (Wildman–Crippen MR) is 74.3 cm³/mol. The van der Waals surface area contributed by atoms with Crippen LogP contribution in [0.1, 0.15) is 44.9 Å². The predicted octanol–water partition coefficient (Wildman–Crippen LogP) is 1.73. The van der Waals surface area contributed by atoms with E-state index in [2.05, 4.69) is 0 Å². The third kappa shape index (κ3) is 5.67. The van der Waals surface area contributed by atoms with E-state index < -0.39 is 9.84 Å². The van der Waals surface area contributed by atoms with Crippen LogP contribution in [0, 0.1) is 5.92 Å². The maximum absolute atomic E-state index is 11.1. The molecule has 0 aromatic heterocycles. The van der Waals surface area contributed by atoms with Gasteiger partial charge in [-0.05, 0) is 31.6 Å². The number of hydrogen-bond acceptors (Lipinski definition) is 4. The summed E-state index contributed by atoms with van der Waals surface area (Å²) in [5.74, 6) is 0.777. The highest BCUT2D eigenvalue weighted by Gasteiger charge is 2.28. The van der Waals surface area contributed by atoms with E-state index >= 15 is 0 Å². The molecule has 1 saturated carbocycles. The molecule has 2 N–H and O–H groups in total. The highest BCUT2D eigenvalue weighted by Crippen LogP contribution is 2.29. The number of sulfone groups is 1. The highest BCUT2D eigenvalue weighted by molar-refractivity contribution is 7.90. The van der Waals surface area contributed by atoms with Crippen LogP contribution in [0.2, 0.25) is 0 Å². The van der Waals surface area contributed by atoms with Crippen LogP contribution in [0.4, 0.5) is 0 Å². The van der Waals surface area contributed by atoms with Crippen LogP contribution in [-0.4, -0.2) is 39.7 Å². The van der Waals surface area contributed by atoms with Crippen LogP contribution in [0.15, 0.2) is 0 Å². The summed E-state index contributed by atoms with van der Waals surface area (Å²) in [4.78, 5) is 0. The van der Waals surface area contributed by atoms with E-state index in [1.165, 1.54) is 38.4 Å². The summed E-state index contributed by atoms with van der Waals surface area (Å²) in [7, 11) is -1.16. The lowest BCUT2D eigenvalue weighted by Gasteiger charge is -2.33. The van der Waals surface area contributed by atoms with Crippen LogP contribution >= 0.6 is 0 Å². The molecule has 0 radical (unpaired) electrons. The van der Waals surface area contributed by atoms with Gasteiger partial charge >= 0.3 is 0 Å². The van der Waals surface area contributed by atoms with Crippen molar-refractivity contribution in [1.29, 1.82) is 0 Å². The molecule has 2 unspecified atom stereocenters. The van der Waals surface area contributed by atoms with Gasteiger partial charge in [0.15, 0.2) is 0 Å². The molecule has 1 fully saturated rings. The van der Waals surface area contributed by atoms with Crippen molar-refractivity contribution < 1.29 is 13.2 Å². The zero-order valence-electron chi connectivity index (χ0n) is 11.6. The summed E-state index contributed by atoms with van der Waals surface area (Å²) in [6.07, 6.45) is 8.95. The molecule has 5 heteroatoms. The van der Waals surface area contributed by atoms with Gasteiger partial charge in [-0.3, -0.25) is 0 Å². The lowest BCUT2D eigenvalue weighted by atomic mass is 9.82. The van der Waals surface area contributed by atoms with E-state index in [0.717, 1.165) is 6.42 Å². The minimum Gasteiger partial charge on any atom is -0.380 e. The van der Waals surface area contributed by atoms with Gasteiger partial charge in [0.05, 0.1) is 6.10 Å². The molecule has 0 bridgehead atoms. The summed E-state index contributed by atoms with van der Waals surface area (Å²) in [5.41, 5.74) is 6.17. The molecule has 0 aromatic carbocycles. The van der Waals surface area contributed by atoms with Gasteiger partial charge in [-0.25, -0.2) is 8.42 Å². The first-order chi connectivity index (χ1) is 8.44. The van der Waals surface area contributed by atoms with E-state index in [4.69, 9.17) is 10.5 Å².